The minimum Gasteiger partial charge on any atom is -0.366 e. The second-order valence-electron chi connectivity index (χ2n) is 8.65. The average molecular weight is 524 g/mol. The first-order chi connectivity index (χ1) is 17.5. The third kappa shape index (κ3) is 5.41. The molecule has 3 heterocycles. The number of piperazine rings is 1. The lowest BCUT2D eigenvalue weighted by Gasteiger charge is -2.34. The van der Waals surface area contributed by atoms with Crippen LogP contribution in [0.4, 0.5) is 16.3 Å². The van der Waals surface area contributed by atoms with Crippen molar-refractivity contribution in [1.29, 1.82) is 0 Å². The molecular weight excluding hydrogens is 497 g/mol. The number of anilines is 2. The standard InChI is InChI=1S/C26H27Cl2N7O/c1-2-33-10-12-34(13-11-33)26(36)31-21-5-3-4-18(14-21)23-16-25(35-24(32-23)8-9-30-35)29-17-19-6-7-20(27)15-22(19)28/h3-9,14-16,29H,2,10-13,17H2,1H3,(H,31,36). The molecule has 186 valence electrons. The zero-order chi connectivity index (χ0) is 25.1. The van der Waals surface area contributed by atoms with E-state index in [2.05, 4.69) is 27.6 Å². The first-order valence-corrected chi connectivity index (χ1v) is 12.7. The van der Waals surface area contributed by atoms with E-state index in [1.807, 2.05) is 53.4 Å². The number of fused-ring (bicyclic) bond motifs is 1. The van der Waals surface area contributed by atoms with Crippen molar-refractivity contribution in [3.63, 3.8) is 0 Å². The Hall–Kier alpha value is -3.33. The molecule has 1 aliphatic heterocycles. The number of rotatable bonds is 6. The van der Waals surface area contributed by atoms with Crippen molar-refractivity contribution in [1.82, 2.24) is 24.4 Å². The summed E-state index contributed by atoms with van der Waals surface area (Å²) in [6, 6.07) is 16.9. The van der Waals surface area contributed by atoms with Crippen LogP contribution in [0.3, 0.4) is 0 Å². The van der Waals surface area contributed by atoms with Gasteiger partial charge in [-0.1, -0.05) is 48.3 Å². The number of nitrogens with one attached hydrogen (secondary N) is 2. The number of halogens is 2. The van der Waals surface area contributed by atoms with Crippen molar-refractivity contribution in [2.75, 3.05) is 43.4 Å². The molecule has 5 rings (SSSR count). The van der Waals surface area contributed by atoms with E-state index in [0.717, 1.165) is 61.0 Å². The molecule has 2 aromatic carbocycles. The van der Waals surface area contributed by atoms with Gasteiger partial charge in [-0.3, -0.25) is 0 Å². The molecule has 0 spiro atoms. The predicted molar refractivity (Wildman–Crippen MR) is 145 cm³/mol. The normalized spacial score (nSPS) is 14.2. The Morgan fingerprint density at radius 3 is 2.64 bits per heavy atom. The van der Waals surface area contributed by atoms with Crippen LogP contribution in [0.1, 0.15) is 12.5 Å². The number of urea groups is 1. The van der Waals surface area contributed by atoms with E-state index in [1.54, 1.807) is 16.8 Å². The second kappa shape index (κ2) is 10.7. The van der Waals surface area contributed by atoms with E-state index < -0.39 is 0 Å². The maximum Gasteiger partial charge on any atom is 0.321 e. The molecule has 1 saturated heterocycles. The van der Waals surface area contributed by atoms with Crippen LogP contribution in [0.5, 0.6) is 0 Å². The van der Waals surface area contributed by atoms with Crippen molar-refractivity contribution in [2.24, 2.45) is 0 Å². The molecule has 2 N–H and O–H groups in total. The highest BCUT2D eigenvalue weighted by Crippen LogP contribution is 2.26. The largest absolute Gasteiger partial charge is 0.366 e. The molecule has 2 amide bonds. The number of carbonyl (C=O) groups is 1. The summed E-state index contributed by atoms with van der Waals surface area (Å²) in [5.74, 6) is 0.772. The first kappa shape index (κ1) is 24.4. The summed E-state index contributed by atoms with van der Waals surface area (Å²) in [4.78, 5) is 21.8. The van der Waals surface area contributed by atoms with Gasteiger partial charge in [0.2, 0.25) is 0 Å². The van der Waals surface area contributed by atoms with E-state index in [-0.39, 0.29) is 6.03 Å². The monoisotopic (exact) mass is 523 g/mol. The van der Waals surface area contributed by atoms with Crippen molar-refractivity contribution in [3.05, 3.63) is 76.4 Å². The van der Waals surface area contributed by atoms with Gasteiger partial charge >= 0.3 is 6.03 Å². The van der Waals surface area contributed by atoms with Crippen LogP contribution in [0.25, 0.3) is 16.9 Å². The Balaban J connectivity index is 1.35. The summed E-state index contributed by atoms with van der Waals surface area (Å²) in [5.41, 5.74) is 4.01. The van der Waals surface area contributed by atoms with Crippen LogP contribution in [-0.4, -0.2) is 63.2 Å². The highest BCUT2D eigenvalue weighted by atomic mass is 35.5. The van der Waals surface area contributed by atoms with Gasteiger partial charge in [0, 0.05) is 66.2 Å². The molecule has 4 aromatic rings. The molecule has 2 aromatic heterocycles. The third-order valence-corrected chi connectivity index (χ3v) is 6.94. The van der Waals surface area contributed by atoms with E-state index in [1.165, 1.54) is 0 Å². The lowest BCUT2D eigenvalue weighted by atomic mass is 10.1. The minimum atomic E-state index is -0.0793. The fourth-order valence-electron chi connectivity index (χ4n) is 4.26. The number of hydrogen-bond donors (Lipinski definition) is 2. The molecule has 0 aliphatic carbocycles. The highest BCUT2D eigenvalue weighted by Gasteiger charge is 2.20. The van der Waals surface area contributed by atoms with Crippen LogP contribution in [0.2, 0.25) is 10.0 Å². The Kier molecular flexibility index (Phi) is 7.27. The highest BCUT2D eigenvalue weighted by molar-refractivity contribution is 6.35. The van der Waals surface area contributed by atoms with Crippen LogP contribution in [0, 0.1) is 0 Å². The average Bonchev–Trinajstić information content (AvgIpc) is 3.37. The Morgan fingerprint density at radius 2 is 1.86 bits per heavy atom. The Labute approximate surface area is 219 Å². The summed E-state index contributed by atoms with van der Waals surface area (Å²) in [5, 5.41) is 12.0. The van der Waals surface area contributed by atoms with Gasteiger partial charge in [0.15, 0.2) is 5.65 Å². The maximum atomic E-state index is 12.8. The zero-order valence-electron chi connectivity index (χ0n) is 19.9. The molecular formula is C26H27Cl2N7O. The van der Waals surface area contributed by atoms with E-state index >= 15 is 0 Å². The quantitative estimate of drug-likeness (QED) is 0.349. The maximum absolute atomic E-state index is 12.8. The summed E-state index contributed by atoms with van der Waals surface area (Å²) in [7, 11) is 0. The van der Waals surface area contributed by atoms with E-state index in [0.29, 0.717) is 22.2 Å². The number of hydrogen-bond acceptors (Lipinski definition) is 5. The summed E-state index contributed by atoms with van der Waals surface area (Å²) in [6.45, 7) is 6.90. The van der Waals surface area contributed by atoms with E-state index in [9.17, 15) is 4.79 Å². The number of likely N-dealkylation sites (N-methyl/N-ethyl adjacent to an activating group) is 1. The van der Waals surface area contributed by atoms with Crippen molar-refractivity contribution < 1.29 is 4.79 Å². The predicted octanol–water partition coefficient (Wildman–Crippen LogP) is 5.48. The van der Waals surface area contributed by atoms with Crippen LogP contribution < -0.4 is 10.6 Å². The molecule has 1 fully saturated rings. The van der Waals surface area contributed by atoms with Gasteiger partial charge in [0.25, 0.3) is 0 Å². The van der Waals surface area contributed by atoms with Gasteiger partial charge in [-0.25, -0.2) is 9.78 Å². The molecule has 0 atom stereocenters. The molecule has 0 unspecified atom stereocenters. The number of amides is 2. The lowest BCUT2D eigenvalue weighted by molar-refractivity contribution is 0.151. The smallest absolute Gasteiger partial charge is 0.321 e. The minimum absolute atomic E-state index is 0.0793. The Bertz CT molecular complexity index is 1380. The fourth-order valence-corrected chi connectivity index (χ4v) is 4.74. The fraction of sp³-hybridized carbons (Fsp3) is 0.269. The van der Waals surface area contributed by atoms with Gasteiger partial charge in [-0.15, -0.1) is 0 Å². The molecule has 8 nitrogen and oxygen atoms in total. The van der Waals surface area contributed by atoms with Gasteiger partial charge < -0.3 is 20.4 Å². The number of benzene rings is 2. The first-order valence-electron chi connectivity index (χ1n) is 11.9. The Morgan fingerprint density at radius 1 is 1.03 bits per heavy atom. The topological polar surface area (TPSA) is 77.8 Å². The molecule has 36 heavy (non-hydrogen) atoms. The van der Waals surface area contributed by atoms with Gasteiger partial charge in [0.05, 0.1) is 11.9 Å². The number of nitrogens with zero attached hydrogens (tertiary/aromatic N) is 5. The molecule has 0 radical (unpaired) electrons. The summed E-state index contributed by atoms with van der Waals surface area (Å²) in [6.07, 6.45) is 1.71. The molecule has 10 heteroatoms. The van der Waals surface area contributed by atoms with Crippen LogP contribution >= 0.6 is 23.2 Å². The second-order valence-corrected chi connectivity index (χ2v) is 9.49. The van der Waals surface area contributed by atoms with Crippen molar-refractivity contribution >= 4 is 46.4 Å². The van der Waals surface area contributed by atoms with Gasteiger partial charge in [-0.2, -0.15) is 9.61 Å². The van der Waals surface area contributed by atoms with Crippen LogP contribution in [-0.2, 0) is 6.54 Å². The molecule has 0 saturated carbocycles. The molecule has 0 bridgehead atoms. The van der Waals surface area contributed by atoms with Crippen LogP contribution in [0.15, 0.2) is 60.8 Å². The van der Waals surface area contributed by atoms with E-state index in [4.69, 9.17) is 28.2 Å². The SMILES string of the molecule is CCN1CCN(C(=O)Nc2cccc(-c3cc(NCc4ccc(Cl)cc4Cl)n4nccc4n3)c2)CC1. The zero-order valence-corrected chi connectivity index (χ0v) is 21.4. The number of carbonyl (C=O) groups excluding carboxylic acids is 1. The van der Waals surface area contributed by atoms with Gasteiger partial charge in [-0.05, 0) is 36.4 Å². The number of aromatic nitrogens is 3. The third-order valence-electron chi connectivity index (χ3n) is 6.35. The molecule has 1 aliphatic rings. The van der Waals surface area contributed by atoms with Crippen molar-refractivity contribution in [2.45, 2.75) is 13.5 Å². The van der Waals surface area contributed by atoms with Crippen molar-refractivity contribution in [3.8, 4) is 11.3 Å². The summed E-state index contributed by atoms with van der Waals surface area (Å²) >= 11 is 12.4. The lowest BCUT2D eigenvalue weighted by Crippen LogP contribution is -2.49. The van der Waals surface area contributed by atoms with Gasteiger partial charge in [0.1, 0.15) is 5.82 Å². The summed E-state index contributed by atoms with van der Waals surface area (Å²) < 4.78 is 1.74.